The van der Waals surface area contributed by atoms with Crippen LogP contribution in [0.4, 0.5) is 0 Å². The summed E-state index contributed by atoms with van der Waals surface area (Å²) in [7, 11) is 0. The molecule has 0 heteroatoms. The maximum atomic E-state index is 2.46. The van der Waals surface area contributed by atoms with Crippen LogP contribution in [0.1, 0.15) is 26.2 Å². The second kappa shape index (κ2) is 2.47. The maximum absolute atomic E-state index is 2.46. The van der Waals surface area contributed by atoms with Gasteiger partial charge in [-0.05, 0) is 42.9 Å². The van der Waals surface area contributed by atoms with Gasteiger partial charge in [-0.3, -0.25) is 0 Å². The van der Waals surface area contributed by atoms with Crippen molar-refractivity contribution in [1.29, 1.82) is 0 Å². The van der Waals surface area contributed by atoms with Gasteiger partial charge in [-0.2, -0.15) is 0 Å². The van der Waals surface area contributed by atoms with Crippen LogP contribution >= 0.6 is 0 Å². The molecule has 66 valence electrons. The fourth-order valence-corrected chi connectivity index (χ4v) is 2.63. The van der Waals surface area contributed by atoms with Gasteiger partial charge in [-0.15, -0.1) is 0 Å². The van der Waals surface area contributed by atoms with Crippen molar-refractivity contribution in [2.75, 3.05) is 0 Å². The first kappa shape index (κ1) is 7.37. The summed E-state index contributed by atoms with van der Waals surface area (Å²) in [5.74, 6) is 0.608. The molecule has 0 saturated heterocycles. The minimum absolute atomic E-state index is 0.608. The predicted octanol–water partition coefficient (Wildman–Crippen LogP) is 3.54. The molecule has 0 spiro atoms. The smallest absolute Gasteiger partial charge is 0.0210 e. The average molecular weight is 170 g/mol. The molecule has 0 aromatic rings. The summed E-state index contributed by atoms with van der Waals surface area (Å²) in [5, 5.41) is 0. The summed E-state index contributed by atoms with van der Waals surface area (Å²) in [6, 6.07) is 0. The van der Waals surface area contributed by atoms with E-state index in [1.165, 1.54) is 30.4 Å². The van der Waals surface area contributed by atoms with E-state index < -0.39 is 0 Å². The molecule has 0 aromatic heterocycles. The van der Waals surface area contributed by atoms with E-state index in [-0.39, 0.29) is 0 Å². The third kappa shape index (κ3) is 1.05. The molecule has 0 amide bonds. The highest BCUT2D eigenvalue weighted by Gasteiger charge is 2.23. The Morgan fingerprint density at radius 2 is 1.92 bits per heavy atom. The quantitative estimate of drug-likeness (QED) is 0.521. The lowest BCUT2D eigenvalue weighted by Crippen LogP contribution is -1.99. The molecule has 1 unspecified atom stereocenters. The maximum Gasteiger partial charge on any atom is 0.0210 e. The normalized spacial score (nSPS) is 30.1. The average Bonchev–Trinajstić information content (AvgIpc) is 2.63. The molecular formula is C13H14. The van der Waals surface area contributed by atoms with Gasteiger partial charge in [0, 0.05) is 5.92 Å². The van der Waals surface area contributed by atoms with Crippen molar-refractivity contribution >= 4 is 0 Å². The van der Waals surface area contributed by atoms with E-state index in [9.17, 15) is 0 Å². The minimum Gasteiger partial charge on any atom is -0.0703 e. The van der Waals surface area contributed by atoms with Gasteiger partial charge in [0.15, 0.2) is 0 Å². The number of fused-ring (bicyclic) bond motifs is 2. The lowest BCUT2D eigenvalue weighted by atomic mass is 9.90. The van der Waals surface area contributed by atoms with Crippen molar-refractivity contribution < 1.29 is 0 Å². The molecule has 3 aliphatic carbocycles. The van der Waals surface area contributed by atoms with E-state index in [4.69, 9.17) is 0 Å². The van der Waals surface area contributed by atoms with Gasteiger partial charge in [-0.1, -0.05) is 29.9 Å². The molecule has 1 fully saturated rings. The Kier molecular flexibility index (Phi) is 1.40. The Balaban J connectivity index is 2.07. The Morgan fingerprint density at radius 3 is 2.85 bits per heavy atom. The zero-order valence-electron chi connectivity index (χ0n) is 8.01. The van der Waals surface area contributed by atoms with Crippen molar-refractivity contribution in [3.8, 4) is 0 Å². The molecule has 0 aromatic carbocycles. The lowest BCUT2D eigenvalue weighted by Gasteiger charge is -2.15. The largest absolute Gasteiger partial charge is 0.0703 e. The fraction of sp³-hybridized carbons (Fsp3) is 0.385. The summed E-state index contributed by atoms with van der Waals surface area (Å²) in [4.78, 5) is 0. The van der Waals surface area contributed by atoms with Crippen LogP contribution in [0.3, 0.4) is 0 Å². The van der Waals surface area contributed by atoms with Crippen molar-refractivity contribution in [3.63, 3.8) is 0 Å². The van der Waals surface area contributed by atoms with Gasteiger partial charge in [0.1, 0.15) is 0 Å². The van der Waals surface area contributed by atoms with Gasteiger partial charge in [0.05, 0.1) is 0 Å². The van der Waals surface area contributed by atoms with Crippen LogP contribution in [0.25, 0.3) is 0 Å². The van der Waals surface area contributed by atoms with Gasteiger partial charge in [0.25, 0.3) is 0 Å². The molecule has 3 aliphatic rings. The highest BCUT2D eigenvalue weighted by molar-refractivity contribution is 5.54. The molecule has 3 rings (SSSR count). The molecule has 0 radical (unpaired) electrons. The van der Waals surface area contributed by atoms with Crippen LogP contribution in [0.5, 0.6) is 0 Å². The van der Waals surface area contributed by atoms with E-state index in [1.54, 1.807) is 11.1 Å². The Bertz CT molecular complexity index is 375. The van der Waals surface area contributed by atoms with Crippen LogP contribution in [0.2, 0.25) is 0 Å². The first-order valence-corrected chi connectivity index (χ1v) is 5.14. The summed E-state index contributed by atoms with van der Waals surface area (Å²) in [5.41, 5.74) is 6.16. The van der Waals surface area contributed by atoms with Crippen LogP contribution in [-0.4, -0.2) is 0 Å². The standard InChI is InChI=1S/C13H14/c1-9-5-12-7-10-3-2-4-11(10)8-13(12)6-9/h5-8,12H,2-4H2,1H3. The molecule has 0 aliphatic heterocycles. The Labute approximate surface area is 79.3 Å². The third-order valence-corrected chi connectivity index (χ3v) is 3.25. The lowest BCUT2D eigenvalue weighted by molar-refractivity contribution is 0.929. The highest BCUT2D eigenvalue weighted by atomic mass is 14.3. The molecule has 0 heterocycles. The third-order valence-electron chi connectivity index (χ3n) is 3.25. The van der Waals surface area contributed by atoms with Crippen molar-refractivity contribution in [2.45, 2.75) is 26.2 Å². The second-order valence-electron chi connectivity index (χ2n) is 4.30. The van der Waals surface area contributed by atoms with E-state index in [0.717, 1.165) is 0 Å². The Hall–Kier alpha value is -1.04. The minimum atomic E-state index is 0.608. The summed E-state index contributed by atoms with van der Waals surface area (Å²) < 4.78 is 0. The first-order valence-electron chi connectivity index (χ1n) is 5.14. The summed E-state index contributed by atoms with van der Waals surface area (Å²) >= 11 is 0. The molecule has 0 N–H and O–H groups in total. The van der Waals surface area contributed by atoms with Gasteiger partial charge in [-0.25, -0.2) is 0 Å². The molecule has 1 atom stereocenters. The van der Waals surface area contributed by atoms with E-state index in [2.05, 4.69) is 31.2 Å². The van der Waals surface area contributed by atoms with E-state index in [0.29, 0.717) is 5.92 Å². The number of hydrogen-bond acceptors (Lipinski definition) is 0. The monoisotopic (exact) mass is 170 g/mol. The van der Waals surface area contributed by atoms with Crippen LogP contribution in [-0.2, 0) is 0 Å². The number of rotatable bonds is 0. The van der Waals surface area contributed by atoms with Crippen LogP contribution in [0.15, 0.2) is 46.6 Å². The van der Waals surface area contributed by atoms with Crippen molar-refractivity contribution in [1.82, 2.24) is 0 Å². The van der Waals surface area contributed by atoms with Crippen molar-refractivity contribution in [2.24, 2.45) is 5.92 Å². The predicted molar refractivity (Wildman–Crippen MR) is 55.3 cm³/mol. The molecular weight excluding hydrogens is 156 g/mol. The second-order valence-corrected chi connectivity index (χ2v) is 4.30. The van der Waals surface area contributed by atoms with Crippen molar-refractivity contribution in [3.05, 3.63) is 46.6 Å². The zero-order chi connectivity index (χ0) is 8.84. The van der Waals surface area contributed by atoms with E-state index >= 15 is 0 Å². The summed E-state index contributed by atoms with van der Waals surface area (Å²) in [6.45, 7) is 2.19. The zero-order valence-corrected chi connectivity index (χ0v) is 8.01. The van der Waals surface area contributed by atoms with Gasteiger partial charge < -0.3 is 0 Å². The number of allylic oxidation sites excluding steroid dienone is 8. The van der Waals surface area contributed by atoms with Gasteiger partial charge in [0.2, 0.25) is 0 Å². The fourth-order valence-electron chi connectivity index (χ4n) is 2.63. The number of hydrogen-bond donors (Lipinski definition) is 0. The van der Waals surface area contributed by atoms with Gasteiger partial charge >= 0.3 is 0 Å². The molecule has 0 bridgehead atoms. The highest BCUT2D eigenvalue weighted by Crippen LogP contribution is 2.40. The first-order chi connectivity index (χ1) is 6.33. The topological polar surface area (TPSA) is 0 Å². The Morgan fingerprint density at radius 1 is 1.08 bits per heavy atom. The molecule has 1 saturated carbocycles. The molecule has 0 nitrogen and oxygen atoms in total. The summed E-state index contributed by atoms with van der Waals surface area (Å²) in [6.07, 6.45) is 13.5. The SMILES string of the molecule is CC1=CC2C=C3CCCC3=CC2=C1. The molecule has 13 heavy (non-hydrogen) atoms. The van der Waals surface area contributed by atoms with E-state index in [1.807, 2.05) is 0 Å². The van der Waals surface area contributed by atoms with Crippen LogP contribution in [0, 0.1) is 5.92 Å². The van der Waals surface area contributed by atoms with Crippen LogP contribution < -0.4 is 0 Å².